The lowest BCUT2D eigenvalue weighted by Crippen LogP contribution is -2.49. The van der Waals surface area contributed by atoms with Gasteiger partial charge in [-0.05, 0) is 31.0 Å². The highest BCUT2D eigenvalue weighted by molar-refractivity contribution is 7.20. The summed E-state index contributed by atoms with van der Waals surface area (Å²) in [6, 6.07) is 10.7. The minimum Gasteiger partial charge on any atom is -0.396 e. The van der Waals surface area contributed by atoms with Crippen molar-refractivity contribution in [3.05, 3.63) is 35.9 Å². The molecule has 0 spiro atoms. The Morgan fingerprint density at radius 2 is 1.84 bits per heavy atom. The van der Waals surface area contributed by atoms with E-state index in [1.54, 1.807) is 20.8 Å². The first-order chi connectivity index (χ1) is 9.05. The summed E-state index contributed by atoms with van der Waals surface area (Å²) in [5.41, 5.74) is 1.12. The number of rotatable bonds is 8. The second-order valence-corrected chi connectivity index (χ2v) is 13.3. The molecule has 0 radical (unpaired) electrons. The van der Waals surface area contributed by atoms with Crippen molar-refractivity contribution in [1.29, 1.82) is 0 Å². The van der Waals surface area contributed by atoms with Crippen LogP contribution in [0, 0.1) is 0 Å². The molecular weight excluding hydrogens is 296 g/mol. The number of hydrogen-bond donors (Lipinski definition) is 0. The Morgan fingerprint density at radius 1 is 1.26 bits per heavy atom. The summed E-state index contributed by atoms with van der Waals surface area (Å²) in [5, 5.41) is -0.0132. The van der Waals surface area contributed by atoms with E-state index >= 15 is 0 Å². The zero-order chi connectivity index (χ0) is 14.3. The van der Waals surface area contributed by atoms with Gasteiger partial charge in [0.25, 0.3) is 0 Å². The van der Waals surface area contributed by atoms with E-state index in [4.69, 9.17) is 20.5 Å². The van der Waals surface area contributed by atoms with Crippen molar-refractivity contribution >= 4 is 27.9 Å². The van der Waals surface area contributed by atoms with Crippen LogP contribution in [0.3, 0.4) is 0 Å². The molecule has 106 valence electrons. The molecule has 0 saturated carbocycles. The van der Waals surface area contributed by atoms with Gasteiger partial charge in [0.2, 0.25) is 0 Å². The molecule has 0 aliphatic carbocycles. The van der Waals surface area contributed by atoms with Crippen LogP contribution in [0.15, 0.2) is 30.3 Å². The Bertz CT molecular complexity index is 396. The van der Waals surface area contributed by atoms with Crippen molar-refractivity contribution in [1.82, 2.24) is 0 Å². The summed E-state index contributed by atoms with van der Waals surface area (Å²) in [4.78, 5) is 0. The summed E-state index contributed by atoms with van der Waals surface area (Å²) < 4.78 is 22.7. The van der Waals surface area contributed by atoms with Crippen molar-refractivity contribution in [3.8, 4) is 0 Å². The maximum atomic E-state index is 11.8. The van der Waals surface area contributed by atoms with Gasteiger partial charge in [-0.3, -0.25) is 0 Å². The molecule has 1 atom stereocenters. The molecule has 0 fully saturated rings. The fraction of sp³-hybridized carbons (Fsp3) is 0.538. The van der Waals surface area contributed by atoms with E-state index in [0.717, 1.165) is 24.4 Å². The Kier molecular flexibility index (Phi) is 7.09. The van der Waals surface area contributed by atoms with E-state index in [0.29, 0.717) is 0 Å². The number of hydrogen-bond acceptors (Lipinski definition) is 3. The molecule has 0 N–H and O–H groups in total. The lowest BCUT2D eigenvalue weighted by molar-refractivity contribution is 0.259. The Morgan fingerprint density at radius 3 is 2.32 bits per heavy atom. The van der Waals surface area contributed by atoms with Crippen LogP contribution >= 0.6 is 11.6 Å². The van der Waals surface area contributed by atoms with Gasteiger partial charge in [-0.15, -0.1) is 11.6 Å². The first-order valence-corrected chi connectivity index (χ1v) is 11.7. The van der Waals surface area contributed by atoms with Crippen LogP contribution in [0.4, 0.5) is 0 Å². The predicted molar refractivity (Wildman–Crippen MR) is 81.2 cm³/mol. The Labute approximate surface area is 122 Å². The zero-order valence-corrected chi connectivity index (χ0v) is 14.4. The summed E-state index contributed by atoms with van der Waals surface area (Å²) in [7, 11) is -1.11. The van der Waals surface area contributed by atoms with Gasteiger partial charge in [0.05, 0.1) is 5.38 Å². The average Bonchev–Trinajstić information content (AvgIpc) is 2.44. The highest BCUT2D eigenvalue weighted by Crippen LogP contribution is 2.28. The van der Waals surface area contributed by atoms with Gasteiger partial charge in [-0.25, -0.2) is 0 Å². The van der Waals surface area contributed by atoms with E-state index < -0.39 is 16.3 Å². The molecule has 1 unspecified atom stereocenters. The molecule has 0 bridgehead atoms. The van der Waals surface area contributed by atoms with E-state index in [1.165, 1.54) is 0 Å². The minimum absolute atomic E-state index is 0.0132. The van der Waals surface area contributed by atoms with Crippen LogP contribution in [-0.4, -0.2) is 30.5 Å². The second-order valence-electron chi connectivity index (χ2n) is 4.49. The maximum absolute atomic E-state index is 11.8. The fourth-order valence-electron chi connectivity index (χ4n) is 2.09. The van der Waals surface area contributed by atoms with Crippen molar-refractivity contribution in [3.63, 3.8) is 0 Å². The SMILES string of the molecule is CO[Si](CCCC(Cl)c1ccccc1)(OC)[Si](C)=O. The second kappa shape index (κ2) is 8.06. The molecule has 0 aliphatic heterocycles. The van der Waals surface area contributed by atoms with Crippen LogP contribution < -0.4 is 0 Å². The normalized spacial score (nSPS) is 13.3. The van der Waals surface area contributed by atoms with Crippen LogP contribution in [-0.2, 0) is 13.3 Å². The molecule has 6 heteroatoms. The first-order valence-electron chi connectivity index (χ1n) is 6.36. The van der Waals surface area contributed by atoms with Gasteiger partial charge >= 0.3 is 16.3 Å². The zero-order valence-electron chi connectivity index (χ0n) is 11.7. The molecule has 0 heterocycles. The summed E-state index contributed by atoms with van der Waals surface area (Å²) in [5.74, 6) is 0. The summed E-state index contributed by atoms with van der Waals surface area (Å²) in [6.45, 7) is 1.72. The van der Waals surface area contributed by atoms with Gasteiger partial charge < -0.3 is 13.3 Å². The lowest BCUT2D eigenvalue weighted by Gasteiger charge is -2.24. The fourth-order valence-corrected chi connectivity index (χ4v) is 7.88. The average molecular weight is 317 g/mol. The molecule has 0 aromatic heterocycles. The molecule has 0 saturated heterocycles. The largest absolute Gasteiger partial charge is 0.396 e. The van der Waals surface area contributed by atoms with E-state index in [1.807, 2.05) is 30.3 Å². The van der Waals surface area contributed by atoms with Crippen molar-refractivity contribution in [2.45, 2.75) is 30.8 Å². The topological polar surface area (TPSA) is 35.5 Å². The van der Waals surface area contributed by atoms with Crippen molar-refractivity contribution in [2.75, 3.05) is 14.2 Å². The van der Waals surface area contributed by atoms with Crippen molar-refractivity contribution < 1.29 is 13.3 Å². The third-order valence-corrected chi connectivity index (χ3v) is 12.4. The number of benzene rings is 1. The quantitative estimate of drug-likeness (QED) is 0.543. The van der Waals surface area contributed by atoms with Crippen LogP contribution in [0.25, 0.3) is 0 Å². The lowest BCUT2D eigenvalue weighted by atomic mass is 10.1. The van der Waals surface area contributed by atoms with Crippen LogP contribution in [0.2, 0.25) is 12.6 Å². The predicted octanol–water partition coefficient (Wildman–Crippen LogP) is 3.61. The van der Waals surface area contributed by atoms with Crippen LogP contribution in [0.5, 0.6) is 0 Å². The molecule has 1 aromatic carbocycles. The third-order valence-electron chi connectivity index (χ3n) is 3.32. The van der Waals surface area contributed by atoms with Gasteiger partial charge in [-0.1, -0.05) is 30.3 Å². The van der Waals surface area contributed by atoms with Gasteiger partial charge in [-0.2, -0.15) is 0 Å². The number of halogens is 1. The molecule has 1 rings (SSSR count). The standard InChI is InChI=1S/C13H21ClO3Si2/c1-16-19(17-2,18(3)15)11-7-10-13(14)12-8-5-4-6-9-12/h4-6,8-9,13H,7,10-11H2,1-3H3. The molecule has 0 aliphatic rings. The monoisotopic (exact) mass is 316 g/mol. The Hall–Kier alpha value is -0.336. The summed E-state index contributed by atoms with van der Waals surface area (Å²) in [6.07, 6.45) is 1.70. The van der Waals surface area contributed by atoms with E-state index in [-0.39, 0.29) is 5.38 Å². The highest BCUT2D eigenvalue weighted by atomic mass is 35.5. The summed E-state index contributed by atoms with van der Waals surface area (Å²) >= 11 is 6.37. The Balaban J connectivity index is 2.51. The van der Waals surface area contributed by atoms with Gasteiger partial charge in [0, 0.05) is 14.2 Å². The molecule has 3 nitrogen and oxygen atoms in total. The smallest absolute Gasteiger partial charge is 0.384 e. The maximum Gasteiger partial charge on any atom is 0.384 e. The van der Waals surface area contributed by atoms with Crippen molar-refractivity contribution in [2.24, 2.45) is 0 Å². The van der Waals surface area contributed by atoms with E-state index in [2.05, 4.69) is 0 Å². The number of alkyl halides is 1. The van der Waals surface area contributed by atoms with Gasteiger partial charge in [0.1, 0.15) is 0 Å². The molecular formula is C13H21ClO3Si2. The molecule has 19 heavy (non-hydrogen) atoms. The highest BCUT2D eigenvalue weighted by Gasteiger charge is 2.42. The molecule has 0 amide bonds. The van der Waals surface area contributed by atoms with Crippen LogP contribution in [0.1, 0.15) is 23.8 Å². The van der Waals surface area contributed by atoms with E-state index in [9.17, 15) is 4.46 Å². The van der Waals surface area contributed by atoms with Gasteiger partial charge in [0.15, 0.2) is 0 Å². The molecule has 1 aromatic rings. The third kappa shape index (κ3) is 4.61. The minimum atomic E-state index is -2.50. The first kappa shape index (κ1) is 16.7.